The highest BCUT2D eigenvalue weighted by Crippen LogP contribution is 2.42. The molecule has 1 heterocycles. The van der Waals surface area contributed by atoms with Gasteiger partial charge in [-0.25, -0.2) is 4.39 Å². The molecule has 2 atom stereocenters. The molecule has 4 nitrogen and oxygen atoms in total. The summed E-state index contributed by atoms with van der Waals surface area (Å²) in [6, 6.07) is 8.11. The average molecular weight is 355 g/mol. The molecule has 1 N–H and O–H groups in total. The van der Waals surface area contributed by atoms with Crippen LogP contribution in [-0.4, -0.2) is 24.0 Å². The number of ether oxygens (including phenoxy) is 2. The second-order valence-corrected chi connectivity index (χ2v) is 6.26. The molecule has 136 valence electrons. The molecule has 0 bridgehead atoms. The van der Waals surface area contributed by atoms with Gasteiger partial charge < -0.3 is 14.6 Å². The Balaban J connectivity index is 1.88. The fourth-order valence-corrected chi connectivity index (χ4v) is 3.22. The third-order valence-corrected chi connectivity index (χ3v) is 4.57. The average Bonchev–Trinajstić information content (AvgIpc) is 2.66. The monoisotopic (exact) mass is 355 g/mol. The SMILES string of the molecule is COCOc1cc(F)ccc1C1(O)C=CC=CC1CCc1ccncc1. The highest BCUT2D eigenvalue weighted by atomic mass is 19.1. The van der Waals surface area contributed by atoms with Gasteiger partial charge in [0, 0.05) is 37.1 Å². The van der Waals surface area contributed by atoms with Crippen LogP contribution in [0.2, 0.25) is 0 Å². The summed E-state index contributed by atoms with van der Waals surface area (Å²) in [5.74, 6) is -0.314. The minimum absolute atomic E-state index is 0.0201. The van der Waals surface area contributed by atoms with Crippen LogP contribution in [0.1, 0.15) is 17.5 Å². The summed E-state index contributed by atoms with van der Waals surface area (Å²) in [6.07, 6.45) is 12.5. The Labute approximate surface area is 152 Å². The molecule has 0 spiro atoms. The summed E-state index contributed by atoms with van der Waals surface area (Å²) < 4.78 is 24.1. The molecule has 1 aromatic heterocycles. The number of methoxy groups -OCH3 is 1. The maximum Gasteiger partial charge on any atom is 0.188 e. The van der Waals surface area contributed by atoms with E-state index in [0.29, 0.717) is 5.56 Å². The van der Waals surface area contributed by atoms with Crippen molar-refractivity contribution in [3.8, 4) is 5.75 Å². The predicted molar refractivity (Wildman–Crippen MR) is 97.1 cm³/mol. The van der Waals surface area contributed by atoms with Crippen molar-refractivity contribution in [1.29, 1.82) is 0 Å². The van der Waals surface area contributed by atoms with Crippen molar-refractivity contribution < 1.29 is 19.0 Å². The molecule has 2 unspecified atom stereocenters. The fraction of sp³-hybridized carbons (Fsp3) is 0.286. The van der Waals surface area contributed by atoms with E-state index in [2.05, 4.69) is 4.98 Å². The first-order valence-electron chi connectivity index (χ1n) is 8.52. The summed E-state index contributed by atoms with van der Waals surface area (Å²) in [4.78, 5) is 4.03. The quantitative estimate of drug-likeness (QED) is 0.768. The van der Waals surface area contributed by atoms with Crippen molar-refractivity contribution in [1.82, 2.24) is 4.98 Å². The Hall–Kier alpha value is -2.50. The van der Waals surface area contributed by atoms with Crippen molar-refractivity contribution in [3.05, 3.63) is 84.0 Å². The van der Waals surface area contributed by atoms with E-state index in [0.717, 1.165) is 18.4 Å². The molecular weight excluding hydrogens is 333 g/mol. The van der Waals surface area contributed by atoms with E-state index in [9.17, 15) is 9.50 Å². The minimum atomic E-state index is -1.28. The van der Waals surface area contributed by atoms with Gasteiger partial charge in [-0.1, -0.05) is 18.2 Å². The van der Waals surface area contributed by atoms with Crippen LogP contribution in [-0.2, 0) is 16.8 Å². The molecule has 0 saturated heterocycles. The molecular formula is C21H22FNO3. The van der Waals surface area contributed by atoms with Crippen molar-refractivity contribution >= 4 is 0 Å². The molecule has 3 rings (SSSR count). The summed E-state index contributed by atoms with van der Waals surface area (Å²) in [5.41, 5.74) is 0.398. The molecule has 1 aliphatic rings. The van der Waals surface area contributed by atoms with Gasteiger partial charge in [0.05, 0.1) is 0 Å². The van der Waals surface area contributed by atoms with E-state index in [1.54, 1.807) is 30.6 Å². The Bertz CT molecular complexity index is 791. The number of halogens is 1. The molecule has 0 aliphatic heterocycles. The van der Waals surface area contributed by atoms with Gasteiger partial charge in [-0.2, -0.15) is 0 Å². The Morgan fingerprint density at radius 1 is 1.19 bits per heavy atom. The van der Waals surface area contributed by atoms with Crippen LogP contribution in [0.5, 0.6) is 5.75 Å². The molecule has 5 heteroatoms. The smallest absolute Gasteiger partial charge is 0.188 e. The third kappa shape index (κ3) is 4.00. The number of nitrogens with zero attached hydrogens (tertiary/aromatic N) is 1. The lowest BCUT2D eigenvalue weighted by molar-refractivity contribution is 0.0234. The van der Waals surface area contributed by atoms with Gasteiger partial charge in [0.1, 0.15) is 17.2 Å². The second-order valence-electron chi connectivity index (χ2n) is 6.26. The largest absolute Gasteiger partial charge is 0.467 e. The van der Waals surface area contributed by atoms with Crippen molar-refractivity contribution in [2.75, 3.05) is 13.9 Å². The summed E-state index contributed by atoms with van der Waals surface area (Å²) >= 11 is 0. The maximum atomic E-state index is 13.7. The first kappa shape index (κ1) is 18.3. The number of hydrogen-bond donors (Lipinski definition) is 1. The number of allylic oxidation sites excluding steroid dienone is 2. The Kier molecular flexibility index (Phi) is 5.81. The van der Waals surface area contributed by atoms with Gasteiger partial charge in [-0.05, 0) is 48.7 Å². The number of hydrogen-bond acceptors (Lipinski definition) is 4. The highest BCUT2D eigenvalue weighted by Gasteiger charge is 2.38. The number of aryl methyl sites for hydroxylation is 1. The zero-order valence-corrected chi connectivity index (χ0v) is 14.6. The number of pyridine rings is 1. The summed E-state index contributed by atoms with van der Waals surface area (Å²) in [5, 5.41) is 11.5. The van der Waals surface area contributed by atoms with E-state index in [1.807, 2.05) is 24.3 Å². The van der Waals surface area contributed by atoms with Gasteiger partial charge in [0.25, 0.3) is 0 Å². The van der Waals surface area contributed by atoms with Crippen LogP contribution in [0.3, 0.4) is 0 Å². The van der Waals surface area contributed by atoms with Crippen molar-refractivity contribution in [3.63, 3.8) is 0 Å². The van der Waals surface area contributed by atoms with Crippen LogP contribution in [0.15, 0.2) is 67.0 Å². The number of aliphatic hydroxyl groups is 1. The highest BCUT2D eigenvalue weighted by molar-refractivity contribution is 5.44. The van der Waals surface area contributed by atoms with E-state index in [4.69, 9.17) is 9.47 Å². The van der Waals surface area contributed by atoms with Gasteiger partial charge in [0.2, 0.25) is 0 Å². The molecule has 1 aromatic carbocycles. The molecule has 0 saturated carbocycles. The zero-order chi connectivity index (χ0) is 18.4. The Morgan fingerprint density at radius 3 is 2.77 bits per heavy atom. The van der Waals surface area contributed by atoms with E-state index in [-0.39, 0.29) is 18.5 Å². The molecule has 0 radical (unpaired) electrons. The lowest BCUT2D eigenvalue weighted by atomic mass is 9.75. The second kappa shape index (κ2) is 8.25. The molecule has 0 fully saturated rings. The van der Waals surface area contributed by atoms with Gasteiger partial charge >= 0.3 is 0 Å². The maximum absolute atomic E-state index is 13.7. The van der Waals surface area contributed by atoms with E-state index < -0.39 is 11.4 Å². The lowest BCUT2D eigenvalue weighted by Gasteiger charge is -2.35. The zero-order valence-electron chi connectivity index (χ0n) is 14.6. The fourth-order valence-electron chi connectivity index (χ4n) is 3.22. The van der Waals surface area contributed by atoms with Crippen LogP contribution >= 0.6 is 0 Å². The van der Waals surface area contributed by atoms with E-state index >= 15 is 0 Å². The molecule has 1 aliphatic carbocycles. The first-order valence-corrected chi connectivity index (χ1v) is 8.52. The first-order chi connectivity index (χ1) is 12.6. The summed E-state index contributed by atoms with van der Waals surface area (Å²) in [6.45, 7) is -0.0201. The predicted octanol–water partition coefficient (Wildman–Crippen LogP) is 3.77. The van der Waals surface area contributed by atoms with Gasteiger partial charge in [-0.3, -0.25) is 4.98 Å². The van der Waals surface area contributed by atoms with Crippen LogP contribution in [0, 0.1) is 11.7 Å². The van der Waals surface area contributed by atoms with E-state index in [1.165, 1.54) is 19.2 Å². The molecule has 0 amide bonds. The topological polar surface area (TPSA) is 51.6 Å². The Morgan fingerprint density at radius 2 is 2.00 bits per heavy atom. The molecule has 26 heavy (non-hydrogen) atoms. The number of benzene rings is 1. The number of rotatable bonds is 7. The van der Waals surface area contributed by atoms with Crippen molar-refractivity contribution in [2.24, 2.45) is 5.92 Å². The summed E-state index contributed by atoms with van der Waals surface area (Å²) in [7, 11) is 1.49. The number of aromatic nitrogens is 1. The van der Waals surface area contributed by atoms with Gasteiger partial charge in [0.15, 0.2) is 6.79 Å². The normalized spacial score (nSPS) is 21.7. The minimum Gasteiger partial charge on any atom is -0.467 e. The van der Waals surface area contributed by atoms with Crippen LogP contribution in [0.25, 0.3) is 0 Å². The standard InChI is InChI=1S/C21H22FNO3/c1-25-15-26-20-14-18(22)7-8-19(20)21(24)11-3-2-4-17(21)6-5-16-9-12-23-13-10-16/h2-4,7-14,17,24H,5-6,15H2,1H3. The molecule has 2 aromatic rings. The van der Waals surface area contributed by atoms with Gasteiger partial charge in [-0.15, -0.1) is 0 Å². The van der Waals surface area contributed by atoms with Crippen LogP contribution in [0.4, 0.5) is 4.39 Å². The van der Waals surface area contributed by atoms with Crippen molar-refractivity contribution in [2.45, 2.75) is 18.4 Å². The lowest BCUT2D eigenvalue weighted by Crippen LogP contribution is -2.34. The third-order valence-electron chi connectivity index (χ3n) is 4.57. The van der Waals surface area contributed by atoms with Crippen LogP contribution < -0.4 is 4.74 Å².